The molecule has 0 aromatic carbocycles. The van der Waals surface area contributed by atoms with Gasteiger partial charge in [0.1, 0.15) is 0 Å². The Kier molecular flexibility index (Phi) is 5.01. The van der Waals surface area contributed by atoms with Gasteiger partial charge in [0.2, 0.25) is 0 Å². The Labute approximate surface area is 93.0 Å². The number of hydrogen-bond acceptors (Lipinski definition) is 3. The van der Waals surface area contributed by atoms with Crippen molar-refractivity contribution in [2.75, 3.05) is 26.3 Å². The van der Waals surface area contributed by atoms with Crippen LogP contribution in [0.25, 0.3) is 0 Å². The first-order valence-corrected chi connectivity index (χ1v) is 5.49. The number of alkyl halides is 3. The van der Waals surface area contributed by atoms with Gasteiger partial charge in [-0.05, 0) is 13.0 Å². The van der Waals surface area contributed by atoms with E-state index in [0.29, 0.717) is 32.6 Å². The van der Waals surface area contributed by atoms with Crippen molar-refractivity contribution in [3.63, 3.8) is 0 Å². The second kappa shape index (κ2) is 5.84. The summed E-state index contributed by atoms with van der Waals surface area (Å²) in [5.74, 6) is 0. The van der Waals surface area contributed by atoms with Gasteiger partial charge in [-0.25, -0.2) is 0 Å². The molecule has 0 bridgehead atoms. The van der Waals surface area contributed by atoms with Gasteiger partial charge in [0.25, 0.3) is 0 Å². The van der Waals surface area contributed by atoms with E-state index in [2.05, 4.69) is 5.32 Å². The molecule has 1 aliphatic heterocycles. The lowest BCUT2D eigenvalue weighted by molar-refractivity contribution is -0.135. The summed E-state index contributed by atoms with van der Waals surface area (Å²) in [6, 6.07) is 0. The lowest BCUT2D eigenvalue weighted by Gasteiger charge is -2.32. The fourth-order valence-corrected chi connectivity index (χ4v) is 1.66. The largest absolute Gasteiger partial charge is 0.389 e. The molecule has 16 heavy (non-hydrogen) atoms. The highest BCUT2D eigenvalue weighted by Gasteiger charge is 2.29. The summed E-state index contributed by atoms with van der Waals surface area (Å²) < 4.78 is 40.6. The molecule has 96 valence electrons. The van der Waals surface area contributed by atoms with Gasteiger partial charge in [-0.3, -0.25) is 0 Å². The molecule has 0 unspecified atom stereocenters. The molecule has 0 aromatic heterocycles. The maximum atomic E-state index is 11.8. The zero-order chi connectivity index (χ0) is 12.1. The van der Waals surface area contributed by atoms with Gasteiger partial charge in [-0.15, -0.1) is 0 Å². The summed E-state index contributed by atoms with van der Waals surface area (Å²) >= 11 is 0. The lowest BCUT2D eigenvalue weighted by Crippen LogP contribution is -2.45. The zero-order valence-electron chi connectivity index (χ0n) is 9.15. The average Bonchev–Trinajstić information content (AvgIpc) is 2.16. The fraction of sp³-hybridized carbons (Fsp3) is 1.00. The van der Waals surface area contributed by atoms with Crippen molar-refractivity contribution in [2.24, 2.45) is 0 Å². The third-order valence-corrected chi connectivity index (χ3v) is 2.69. The van der Waals surface area contributed by atoms with Crippen LogP contribution in [0, 0.1) is 0 Å². The molecule has 2 N–H and O–H groups in total. The number of rotatable bonds is 5. The number of hydrogen-bond donors (Lipinski definition) is 2. The van der Waals surface area contributed by atoms with E-state index in [-0.39, 0.29) is 13.0 Å². The van der Waals surface area contributed by atoms with Gasteiger partial charge in [-0.1, -0.05) is 0 Å². The number of nitrogens with one attached hydrogen (secondary N) is 1. The third kappa shape index (κ3) is 5.67. The minimum atomic E-state index is -4.09. The van der Waals surface area contributed by atoms with E-state index >= 15 is 0 Å². The Bertz CT molecular complexity index is 203. The number of halogens is 3. The molecule has 1 aliphatic rings. The lowest BCUT2D eigenvalue weighted by atomic mass is 9.94. The van der Waals surface area contributed by atoms with Gasteiger partial charge < -0.3 is 15.2 Å². The third-order valence-electron chi connectivity index (χ3n) is 2.69. The molecule has 0 amide bonds. The van der Waals surface area contributed by atoms with E-state index in [4.69, 9.17) is 4.74 Å². The van der Waals surface area contributed by atoms with Crippen molar-refractivity contribution in [1.29, 1.82) is 0 Å². The van der Waals surface area contributed by atoms with Gasteiger partial charge >= 0.3 is 6.18 Å². The monoisotopic (exact) mass is 241 g/mol. The Morgan fingerprint density at radius 3 is 2.44 bits per heavy atom. The normalized spacial score (nSPS) is 21.0. The first-order valence-electron chi connectivity index (χ1n) is 5.49. The summed E-state index contributed by atoms with van der Waals surface area (Å²) in [4.78, 5) is 0. The van der Waals surface area contributed by atoms with Crippen LogP contribution < -0.4 is 5.32 Å². The molecule has 0 spiro atoms. The van der Waals surface area contributed by atoms with Crippen molar-refractivity contribution in [2.45, 2.75) is 37.5 Å². The Morgan fingerprint density at radius 2 is 1.88 bits per heavy atom. The van der Waals surface area contributed by atoms with Crippen molar-refractivity contribution < 1.29 is 23.0 Å². The van der Waals surface area contributed by atoms with Crippen LogP contribution in [-0.4, -0.2) is 43.2 Å². The molecular weight excluding hydrogens is 223 g/mol. The standard InChI is InChI=1S/C10H18F3NO2/c11-10(12,13)2-1-5-14-8-9(15)3-6-16-7-4-9/h14-15H,1-8H2. The molecule has 1 rings (SSSR count). The van der Waals surface area contributed by atoms with Crippen LogP contribution in [0.4, 0.5) is 13.2 Å². The first-order chi connectivity index (χ1) is 7.41. The van der Waals surface area contributed by atoms with Crippen LogP contribution in [0.15, 0.2) is 0 Å². The van der Waals surface area contributed by atoms with Crippen molar-refractivity contribution in [1.82, 2.24) is 5.32 Å². The first kappa shape index (κ1) is 13.7. The molecular formula is C10H18F3NO2. The van der Waals surface area contributed by atoms with Crippen molar-refractivity contribution in [3.8, 4) is 0 Å². The predicted octanol–water partition coefficient (Wildman–Crippen LogP) is 1.46. The van der Waals surface area contributed by atoms with Crippen LogP contribution in [0.1, 0.15) is 25.7 Å². The van der Waals surface area contributed by atoms with Gasteiger partial charge in [-0.2, -0.15) is 13.2 Å². The minimum Gasteiger partial charge on any atom is -0.388 e. The molecule has 1 heterocycles. The van der Waals surface area contributed by atoms with Crippen LogP contribution in [0.5, 0.6) is 0 Å². The van der Waals surface area contributed by atoms with Crippen molar-refractivity contribution >= 4 is 0 Å². The van der Waals surface area contributed by atoms with E-state index < -0.39 is 18.2 Å². The van der Waals surface area contributed by atoms with Crippen molar-refractivity contribution in [3.05, 3.63) is 0 Å². The maximum Gasteiger partial charge on any atom is 0.389 e. The van der Waals surface area contributed by atoms with E-state index in [9.17, 15) is 18.3 Å². The SMILES string of the molecule is OC1(CNCCCC(F)(F)F)CCOCC1. The fourth-order valence-electron chi connectivity index (χ4n) is 1.66. The smallest absolute Gasteiger partial charge is 0.388 e. The molecule has 3 nitrogen and oxygen atoms in total. The van der Waals surface area contributed by atoms with Crippen LogP contribution in [0.2, 0.25) is 0 Å². The highest BCUT2D eigenvalue weighted by atomic mass is 19.4. The topological polar surface area (TPSA) is 41.5 Å². The second-order valence-electron chi connectivity index (χ2n) is 4.23. The minimum absolute atomic E-state index is 0.0517. The van der Waals surface area contributed by atoms with Gasteiger partial charge in [0.05, 0.1) is 5.60 Å². The molecule has 0 saturated carbocycles. The highest BCUT2D eigenvalue weighted by molar-refractivity contribution is 4.83. The van der Waals surface area contributed by atoms with Crippen LogP contribution in [0.3, 0.4) is 0 Å². The van der Waals surface area contributed by atoms with E-state index in [1.807, 2.05) is 0 Å². The summed E-state index contributed by atoms with van der Waals surface area (Å²) in [6.45, 7) is 1.65. The summed E-state index contributed by atoms with van der Waals surface area (Å²) in [7, 11) is 0. The van der Waals surface area contributed by atoms with Gasteiger partial charge in [0.15, 0.2) is 0 Å². The molecule has 0 aliphatic carbocycles. The molecule has 1 fully saturated rings. The maximum absolute atomic E-state index is 11.8. The molecule has 6 heteroatoms. The summed E-state index contributed by atoms with van der Waals surface area (Å²) in [5, 5.41) is 12.8. The van der Waals surface area contributed by atoms with E-state index in [1.165, 1.54) is 0 Å². The average molecular weight is 241 g/mol. The summed E-state index contributed by atoms with van der Waals surface area (Å²) in [5.41, 5.74) is -0.809. The van der Waals surface area contributed by atoms with Crippen LogP contribution in [-0.2, 0) is 4.74 Å². The molecule has 0 aromatic rings. The quantitative estimate of drug-likeness (QED) is 0.716. The molecule has 0 radical (unpaired) electrons. The second-order valence-corrected chi connectivity index (χ2v) is 4.23. The summed E-state index contributed by atoms with van der Waals surface area (Å²) in [6.07, 6.45) is -3.73. The van der Waals surface area contributed by atoms with Crippen LogP contribution >= 0.6 is 0 Å². The molecule has 0 atom stereocenters. The van der Waals surface area contributed by atoms with E-state index in [1.54, 1.807) is 0 Å². The number of aliphatic hydroxyl groups is 1. The Morgan fingerprint density at radius 1 is 1.25 bits per heavy atom. The Balaban J connectivity index is 2.06. The Hall–Kier alpha value is -0.330. The predicted molar refractivity (Wildman–Crippen MR) is 53.2 cm³/mol. The zero-order valence-corrected chi connectivity index (χ0v) is 9.15. The number of ether oxygens (including phenoxy) is 1. The molecule has 1 saturated heterocycles. The van der Waals surface area contributed by atoms with Gasteiger partial charge in [0, 0.05) is 39.0 Å². The van der Waals surface area contributed by atoms with E-state index in [0.717, 1.165) is 0 Å². The highest BCUT2D eigenvalue weighted by Crippen LogP contribution is 2.21.